The summed E-state index contributed by atoms with van der Waals surface area (Å²) in [5, 5.41) is 3.76. The second-order valence-electron chi connectivity index (χ2n) is 5.59. The van der Waals surface area contributed by atoms with Gasteiger partial charge in [0, 0.05) is 10.7 Å². The zero-order chi connectivity index (χ0) is 21.1. The molecule has 10 heteroatoms. The Morgan fingerprint density at radius 3 is 2.48 bits per heavy atom. The first-order valence-corrected chi connectivity index (χ1v) is 10.2. The number of nitrogens with one attached hydrogen (secondary N) is 1. The van der Waals surface area contributed by atoms with Crippen LogP contribution in [0.15, 0.2) is 43.9 Å². The highest BCUT2D eigenvalue weighted by Gasteiger charge is 2.30. The summed E-state index contributed by atoms with van der Waals surface area (Å²) >= 11 is 12.6. The van der Waals surface area contributed by atoms with E-state index in [-0.39, 0.29) is 28.1 Å². The topological polar surface area (TPSA) is 87.0 Å². The molecule has 3 aromatic rings. The predicted octanol–water partition coefficient (Wildman–Crippen LogP) is 6.41. The van der Waals surface area contributed by atoms with Crippen molar-refractivity contribution in [1.29, 1.82) is 0 Å². The highest BCUT2D eigenvalue weighted by Crippen LogP contribution is 2.47. The molecule has 1 N–H and O–H groups in total. The van der Waals surface area contributed by atoms with E-state index in [1.807, 2.05) is 0 Å². The minimum Gasteiger partial charge on any atom is -0.495 e. The summed E-state index contributed by atoms with van der Waals surface area (Å²) in [7, 11) is 1.40. The van der Waals surface area contributed by atoms with E-state index in [1.165, 1.54) is 13.4 Å². The number of ether oxygens (including phenoxy) is 3. The number of fused-ring (bicyclic) bond motifs is 1. The van der Waals surface area contributed by atoms with Crippen molar-refractivity contribution < 1.29 is 28.2 Å². The normalized spacial score (nSPS) is 10.7. The molecule has 1 aromatic heterocycles. The van der Waals surface area contributed by atoms with Crippen molar-refractivity contribution >= 4 is 72.2 Å². The molecule has 1 heterocycles. The Balaban J connectivity index is 2.17. The van der Waals surface area contributed by atoms with Crippen LogP contribution in [-0.2, 0) is 4.74 Å². The van der Waals surface area contributed by atoms with Crippen LogP contribution in [0, 0.1) is 0 Å². The van der Waals surface area contributed by atoms with Crippen molar-refractivity contribution in [2.24, 2.45) is 0 Å². The van der Waals surface area contributed by atoms with Crippen LogP contribution in [0.25, 0.3) is 11.0 Å². The third-order valence-electron chi connectivity index (χ3n) is 3.81. The number of carbonyl (C=O) groups is 2. The van der Waals surface area contributed by atoms with E-state index in [9.17, 15) is 9.59 Å². The van der Waals surface area contributed by atoms with Gasteiger partial charge in [-0.05, 0) is 63.0 Å². The fourth-order valence-corrected chi connectivity index (χ4v) is 3.77. The molecular formula is C19H14Br2ClNO6. The number of rotatable bonds is 5. The number of hydrogen-bond donors (Lipinski definition) is 1. The highest BCUT2D eigenvalue weighted by atomic mass is 79.9. The third kappa shape index (κ3) is 4.36. The molecule has 152 valence electrons. The Hall–Kier alpha value is -2.23. The van der Waals surface area contributed by atoms with Gasteiger partial charge in [-0.2, -0.15) is 0 Å². The van der Waals surface area contributed by atoms with Gasteiger partial charge in [-0.15, -0.1) is 0 Å². The lowest BCUT2D eigenvalue weighted by Crippen LogP contribution is -2.18. The van der Waals surface area contributed by atoms with Crippen LogP contribution < -0.4 is 14.8 Å². The SMILES string of the molecule is CCOC(=O)Oc1c(C(=O)Nc2ccc(Cl)cc2)c(OC)c2c(Br)coc2c1Br. The number of methoxy groups -OCH3 is 1. The zero-order valence-corrected chi connectivity index (χ0v) is 19.1. The minimum absolute atomic E-state index is 0.0167. The van der Waals surface area contributed by atoms with Gasteiger partial charge in [0.25, 0.3) is 5.91 Å². The Morgan fingerprint density at radius 1 is 1.17 bits per heavy atom. The van der Waals surface area contributed by atoms with Gasteiger partial charge in [-0.1, -0.05) is 11.6 Å². The second kappa shape index (κ2) is 9.06. The number of furan rings is 1. The summed E-state index contributed by atoms with van der Waals surface area (Å²) in [5.74, 6) is -0.505. The molecule has 0 unspecified atom stereocenters. The maximum atomic E-state index is 13.1. The van der Waals surface area contributed by atoms with Crippen molar-refractivity contribution in [1.82, 2.24) is 0 Å². The van der Waals surface area contributed by atoms with Gasteiger partial charge >= 0.3 is 6.16 Å². The molecule has 3 rings (SSSR count). The molecule has 0 saturated carbocycles. The molecule has 0 atom stereocenters. The van der Waals surface area contributed by atoms with Gasteiger partial charge in [-0.3, -0.25) is 4.79 Å². The Morgan fingerprint density at radius 2 is 1.86 bits per heavy atom. The average Bonchev–Trinajstić information content (AvgIpc) is 3.07. The molecule has 0 aliphatic heterocycles. The first kappa shape index (κ1) is 21.5. The third-order valence-corrected chi connectivity index (χ3v) is 5.36. The standard InChI is InChI=1S/C19H14Br2ClNO6/c1-3-27-19(25)29-17-13(18(24)23-10-6-4-9(22)5-7-10)15(26-2)12-11(20)8-28-16(12)14(17)21/h4-8H,3H2,1-2H3,(H,23,24). The molecule has 7 nitrogen and oxygen atoms in total. The largest absolute Gasteiger partial charge is 0.513 e. The Bertz CT molecular complexity index is 1080. The van der Waals surface area contributed by atoms with Crippen molar-refractivity contribution in [3.63, 3.8) is 0 Å². The molecule has 0 bridgehead atoms. The summed E-state index contributed by atoms with van der Waals surface area (Å²) in [4.78, 5) is 25.1. The van der Waals surface area contributed by atoms with Crippen molar-refractivity contribution in [3.05, 3.63) is 50.1 Å². The van der Waals surface area contributed by atoms with Crippen molar-refractivity contribution in [2.75, 3.05) is 19.0 Å². The summed E-state index contributed by atoms with van der Waals surface area (Å²) in [5.41, 5.74) is 0.805. The summed E-state index contributed by atoms with van der Waals surface area (Å²) in [6.45, 7) is 1.74. The number of halogens is 3. The molecule has 29 heavy (non-hydrogen) atoms. The van der Waals surface area contributed by atoms with Crippen LogP contribution in [0.1, 0.15) is 17.3 Å². The summed E-state index contributed by atoms with van der Waals surface area (Å²) < 4.78 is 22.0. The highest BCUT2D eigenvalue weighted by molar-refractivity contribution is 9.11. The van der Waals surface area contributed by atoms with Crippen LogP contribution in [0.4, 0.5) is 10.5 Å². The van der Waals surface area contributed by atoms with Gasteiger partial charge in [0.15, 0.2) is 11.3 Å². The number of amides is 1. The van der Waals surface area contributed by atoms with Crippen LogP contribution in [0.5, 0.6) is 11.5 Å². The molecule has 0 aliphatic rings. The van der Waals surface area contributed by atoms with E-state index in [0.29, 0.717) is 26.2 Å². The Kier molecular flexibility index (Phi) is 6.71. The van der Waals surface area contributed by atoms with E-state index in [1.54, 1.807) is 31.2 Å². The van der Waals surface area contributed by atoms with Crippen molar-refractivity contribution in [3.8, 4) is 11.5 Å². The summed E-state index contributed by atoms with van der Waals surface area (Å²) in [6.07, 6.45) is 0.466. The molecule has 2 aromatic carbocycles. The van der Waals surface area contributed by atoms with E-state index < -0.39 is 12.1 Å². The van der Waals surface area contributed by atoms with E-state index in [0.717, 1.165) is 0 Å². The number of carbonyl (C=O) groups excluding carboxylic acids is 2. The van der Waals surface area contributed by atoms with Gasteiger partial charge < -0.3 is 23.9 Å². The molecule has 0 spiro atoms. The number of anilines is 1. The van der Waals surface area contributed by atoms with Gasteiger partial charge in [-0.25, -0.2) is 4.79 Å². The lowest BCUT2D eigenvalue weighted by atomic mass is 10.1. The number of hydrogen-bond acceptors (Lipinski definition) is 6. The van der Waals surface area contributed by atoms with Gasteiger partial charge in [0.05, 0.1) is 23.6 Å². The summed E-state index contributed by atoms with van der Waals surface area (Å²) in [6, 6.07) is 6.55. The fourth-order valence-electron chi connectivity index (χ4n) is 2.61. The minimum atomic E-state index is -0.972. The fraction of sp³-hybridized carbons (Fsp3) is 0.158. The van der Waals surface area contributed by atoms with E-state index in [2.05, 4.69) is 37.2 Å². The van der Waals surface area contributed by atoms with Crippen molar-refractivity contribution in [2.45, 2.75) is 6.92 Å². The average molecular weight is 548 g/mol. The van der Waals surface area contributed by atoms with Crippen LogP contribution in [0.3, 0.4) is 0 Å². The number of benzene rings is 2. The quantitative estimate of drug-likeness (QED) is 0.294. The molecule has 0 radical (unpaired) electrons. The molecule has 0 aliphatic carbocycles. The molecule has 0 saturated heterocycles. The first-order chi connectivity index (χ1) is 13.9. The lowest BCUT2D eigenvalue weighted by molar-refractivity contribution is 0.0990. The predicted molar refractivity (Wildman–Crippen MR) is 115 cm³/mol. The molecule has 0 fully saturated rings. The second-order valence-corrected chi connectivity index (χ2v) is 7.67. The van der Waals surface area contributed by atoms with Crippen LogP contribution in [-0.4, -0.2) is 25.8 Å². The van der Waals surface area contributed by atoms with Crippen LogP contribution >= 0.6 is 43.5 Å². The maximum Gasteiger partial charge on any atom is 0.513 e. The Labute approximate surface area is 187 Å². The maximum absolute atomic E-state index is 13.1. The van der Waals surface area contributed by atoms with E-state index >= 15 is 0 Å². The smallest absolute Gasteiger partial charge is 0.495 e. The lowest BCUT2D eigenvalue weighted by Gasteiger charge is -2.16. The zero-order valence-electron chi connectivity index (χ0n) is 15.2. The van der Waals surface area contributed by atoms with Crippen LogP contribution in [0.2, 0.25) is 5.02 Å². The molecular weight excluding hydrogens is 533 g/mol. The monoisotopic (exact) mass is 545 g/mol. The van der Waals surface area contributed by atoms with E-state index in [4.69, 9.17) is 30.2 Å². The van der Waals surface area contributed by atoms with Gasteiger partial charge in [0.1, 0.15) is 22.0 Å². The first-order valence-electron chi connectivity index (χ1n) is 8.25. The molecule has 1 amide bonds. The van der Waals surface area contributed by atoms with Gasteiger partial charge in [0.2, 0.25) is 0 Å².